The summed E-state index contributed by atoms with van der Waals surface area (Å²) in [5.74, 6) is 0.680. The lowest BCUT2D eigenvalue weighted by molar-refractivity contribution is -0.130. The van der Waals surface area contributed by atoms with Crippen LogP contribution in [0.5, 0.6) is 5.88 Å². The molecular weight excluding hydrogens is 440 g/mol. The minimum atomic E-state index is 0.133. The molecule has 4 aromatic rings. The van der Waals surface area contributed by atoms with Crippen LogP contribution < -0.4 is 4.74 Å². The number of hydrogen-bond acceptors (Lipinski definition) is 6. The number of pyridine rings is 1. The SMILES string of the molecule is COc1cc(-c2cnc3c(n2)C(c2ccc4ncn(C5CCCN(C(C)=O)C5)c4c2)=CC3)ccn1. The second-order valence-electron chi connectivity index (χ2n) is 9.08. The van der Waals surface area contributed by atoms with Gasteiger partial charge >= 0.3 is 0 Å². The molecule has 1 saturated heterocycles. The summed E-state index contributed by atoms with van der Waals surface area (Å²) in [6.07, 6.45) is 10.4. The number of allylic oxidation sites excluding steroid dienone is 1. The molecule has 8 heteroatoms. The number of imidazole rings is 1. The second-order valence-corrected chi connectivity index (χ2v) is 9.08. The van der Waals surface area contributed by atoms with Crippen LogP contribution in [0.25, 0.3) is 27.9 Å². The summed E-state index contributed by atoms with van der Waals surface area (Å²) in [5.41, 5.74) is 7.79. The Labute approximate surface area is 203 Å². The van der Waals surface area contributed by atoms with E-state index in [9.17, 15) is 4.79 Å². The van der Waals surface area contributed by atoms with Crippen LogP contribution in [0.3, 0.4) is 0 Å². The molecule has 6 rings (SSSR count). The number of carbonyl (C=O) groups excluding carboxylic acids is 1. The van der Waals surface area contributed by atoms with Crippen molar-refractivity contribution in [3.8, 4) is 17.1 Å². The molecule has 1 amide bonds. The van der Waals surface area contributed by atoms with Gasteiger partial charge in [0.15, 0.2) is 0 Å². The number of hydrogen-bond donors (Lipinski definition) is 0. The Kier molecular flexibility index (Phi) is 5.28. The third kappa shape index (κ3) is 3.84. The Hall–Kier alpha value is -4.07. The number of likely N-dealkylation sites (tertiary alicyclic amines) is 1. The Balaban J connectivity index is 1.36. The molecule has 1 fully saturated rings. The molecule has 4 heterocycles. The minimum absolute atomic E-state index is 0.133. The number of carbonyl (C=O) groups is 1. The van der Waals surface area contributed by atoms with Gasteiger partial charge in [-0.3, -0.25) is 9.78 Å². The molecule has 0 N–H and O–H groups in total. The lowest BCUT2D eigenvalue weighted by atomic mass is 10.0. The number of rotatable bonds is 4. The molecule has 1 aromatic carbocycles. The van der Waals surface area contributed by atoms with E-state index >= 15 is 0 Å². The van der Waals surface area contributed by atoms with E-state index in [1.807, 2.05) is 29.6 Å². The monoisotopic (exact) mass is 466 g/mol. The summed E-state index contributed by atoms with van der Waals surface area (Å²) >= 11 is 0. The van der Waals surface area contributed by atoms with Gasteiger partial charge < -0.3 is 14.2 Å². The summed E-state index contributed by atoms with van der Waals surface area (Å²) in [4.78, 5) is 32.4. The fourth-order valence-electron chi connectivity index (χ4n) is 5.10. The van der Waals surface area contributed by atoms with E-state index in [0.29, 0.717) is 5.88 Å². The molecule has 8 nitrogen and oxygen atoms in total. The first-order chi connectivity index (χ1) is 17.1. The molecule has 0 radical (unpaired) electrons. The Bertz CT molecular complexity index is 1470. The van der Waals surface area contributed by atoms with Crippen LogP contribution in [0.15, 0.2) is 55.1 Å². The highest BCUT2D eigenvalue weighted by atomic mass is 16.5. The van der Waals surface area contributed by atoms with E-state index in [0.717, 1.165) is 77.2 Å². The molecule has 0 spiro atoms. The standard InChI is InChI=1S/C27H26N6O2/c1-17(34)32-11-3-4-20(15-32)33-16-30-22-7-5-18(12-25(22)33)21-6-8-23-27(21)31-24(14-29-23)19-9-10-28-26(13-19)35-2/h5-7,9-10,12-14,16,20H,3-4,8,11,15H2,1-2H3. The summed E-state index contributed by atoms with van der Waals surface area (Å²) in [6, 6.07) is 10.4. The normalized spacial score (nSPS) is 17.4. The van der Waals surface area contributed by atoms with Crippen LogP contribution in [0, 0.1) is 0 Å². The van der Waals surface area contributed by atoms with Gasteiger partial charge in [-0.25, -0.2) is 15.0 Å². The van der Waals surface area contributed by atoms with Gasteiger partial charge in [-0.15, -0.1) is 0 Å². The fourth-order valence-corrected chi connectivity index (χ4v) is 5.10. The van der Waals surface area contributed by atoms with Gasteiger partial charge in [0.2, 0.25) is 11.8 Å². The lowest BCUT2D eigenvalue weighted by Gasteiger charge is -2.33. The maximum absolute atomic E-state index is 12.0. The molecule has 35 heavy (non-hydrogen) atoms. The lowest BCUT2D eigenvalue weighted by Crippen LogP contribution is -2.39. The van der Waals surface area contributed by atoms with E-state index in [1.165, 1.54) is 0 Å². The number of nitrogens with zero attached hydrogens (tertiary/aromatic N) is 6. The van der Waals surface area contributed by atoms with Crippen LogP contribution in [0.2, 0.25) is 0 Å². The zero-order valence-corrected chi connectivity index (χ0v) is 19.8. The number of methoxy groups -OCH3 is 1. The number of ether oxygens (including phenoxy) is 1. The van der Waals surface area contributed by atoms with Crippen molar-refractivity contribution in [3.05, 3.63) is 72.1 Å². The Morgan fingerprint density at radius 2 is 2.03 bits per heavy atom. The van der Waals surface area contributed by atoms with Gasteiger partial charge in [0, 0.05) is 49.8 Å². The molecular formula is C27H26N6O2. The fraction of sp³-hybridized carbons (Fsp3) is 0.296. The molecule has 0 saturated carbocycles. The number of fused-ring (bicyclic) bond motifs is 2. The summed E-state index contributed by atoms with van der Waals surface area (Å²) in [7, 11) is 1.60. The van der Waals surface area contributed by atoms with Crippen molar-refractivity contribution in [1.82, 2.24) is 29.4 Å². The van der Waals surface area contributed by atoms with Crippen molar-refractivity contribution in [2.45, 2.75) is 32.2 Å². The van der Waals surface area contributed by atoms with Gasteiger partial charge in [-0.05, 0) is 36.6 Å². The smallest absolute Gasteiger partial charge is 0.219 e. The summed E-state index contributed by atoms with van der Waals surface area (Å²) < 4.78 is 7.50. The highest BCUT2D eigenvalue weighted by molar-refractivity contribution is 5.88. The zero-order valence-electron chi connectivity index (χ0n) is 19.8. The van der Waals surface area contributed by atoms with Crippen LogP contribution in [0.4, 0.5) is 0 Å². The molecule has 176 valence electrons. The van der Waals surface area contributed by atoms with Crippen LogP contribution >= 0.6 is 0 Å². The largest absolute Gasteiger partial charge is 0.481 e. The first-order valence-electron chi connectivity index (χ1n) is 11.9. The van der Waals surface area contributed by atoms with E-state index in [1.54, 1.807) is 20.2 Å². The number of aromatic nitrogens is 5. The quantitative estimate of drug-likeness (QED) is 0.451. The Morgan fingerprint density at radius 1 is 1.11 bits per heavy atom. The van der Waals surface area contributed by atoms with Gasteiger partial charge in [-0.1, -0.05) is 12.1 Å². The average Bonchev–Trinajstić information content (AvgIpc) is 3.52. The predicted octanol–water partition coefficient (Wildman–Crippen LogP) is 4.07. The van der Waals surface area contributed by atoms with Gasteiger partial charge in [0.05, 0.1) is 53.8 Å². The molecule has 1 atom stereocenters. The van der Waals surface area contributed by atoms with Crippen molar-refractivity contribution in [3.63, 3.8) is 0 Å². The maximum atomic E-state index is 12.0. The topological polar surface area (TPSA) is 86.0 Å². The van der Waals surface area contributed by atoms with Crippen LogP contribution in [0.1, 0.15) is 42.8 Å². The highest BCUT2D eigenvalue weighted by Gasteiger charge is 2.25. The third-order valence-electron chi connectivity index (χ3n) is 6.96. The minimum Gasteiger partial charge on any atom is -0.481 e. The summed E-state index contributed by atoms with van der Waals surface area (Å²) in [5, 5.41) is 0. The van der Waals surface area contributed by atoms with E-state index in [4.69, 9.17) is 14.7 Å². The Morgan fingerprint density at radius 3 is 2.89 bits per heavy atom. The first-order valence-corrected chi connectivity index (χ1v) is 11.9. The first kappa shape index (κ1) is 21.5. The van der Waals surface area contributed by atoms with Gasteiger partial charge in [0.1, 0.15) is 0 Å². The summed E-state index contributed by atoms with van der Waals surface area (Å²) in [6.45, 7) is 3.20. The van der Waals surface area contributed by atoms with Crippen molar-refractivity contribution in [1.29, 1.82) is 0 Å². The van der Waals surface area contributed by atoms with Crippen molar-refractivity contribution in [2.75, 3.05) is 20.2 Å². The molecule has 2 aliphatic rings. The highest BCUT2D eigenvalue weighted by Crippen LogP contribution is 2.34. The van der Waals surface area contributed by atoms with Crippen molar-refractivity contribution >= 4 is 22.5 Å². The average molecular weight is 467 g/mol. The number of benzene rings is 1. The molecule has 0 bridgehead atoms. The van der Waals surface area contributed by atoms with E-state index in [2.05, 4.69) is 38.8 Å². The van der Waals surface area contributed by atoms with Crippen LogP contribution in [-0.4, -0.2) is 55.5 Å². The predicted molar refractivity (Wildman–Crippen MR) is 133 cm³/mol. The zero-order chi connectivity index (χ0) is 23.9. The van der Waals surface area contributed by atoms with Crippen molar-refractivity contribution in [2.24, 2.45) is 0 Å². The van der Waals surface area contributed by atoms with Crippen molar-refractivity contribution < 1.29 is 9.53 Å². The molecule has 1 aliphatic carbocycles. The molecule has 1 unspecified atom stereocenters. The molecule has 1 aliphatic heterocycles. The number of amides is 1. The third-order valence-corrected chi connectivity index (χ3v) is 6.96. The van der Waals surface area contributed by atoms with Gasteiger partial charge in [-0.2, -0.15) is 0 Å². The van der Waals surface area contributed by atoms with E-state index in [-0.39, 0.29) is 11.9 Å². The van der Waals surface area contributed by atoms with Gasteiger partial charge in [0.25, 0.3) is 0 Å². The molecule has 3 aromatic heterocycles. The second kappa shape index (κ2) is 8.61. The van der Waals surface area contributed by atoms with E-state index < -0.39 is 0 Å². The number of piperidine rings is 1. The maximum Gasteiger partial charge on any atom is 0.219 e. The van der Waals surface area contributed by atoms with Crippen LogP contribution in [-0.2, 0) is 11.2 Å².